The Morgan fingerprint density at radius 1 is 1.17 bits per heavy atom. The number of carboxylic acid groups (broad SMARTS) is 1. The van der Waals surface area contributed by atoms with Gasteiger partial charge in [0.2, 0.25) is 0 Å². The number of alkyl halides is 3. The van der Waals surface area contributed by atoms with Crippen LogP contribution in [0.4, 0.5) is 24.7 Å². The molecular formula is C20H18F3N3O3. The van der Waals surface area contributed by atoms with Gasteiger partial charge in [0.25, 0.3) is 5.91 Å². The zero-order valence-electron chi connectivity index (χ0n) is 15.2. The van der Waals surface area contributed by atoms with E-state index in [0.29, 0.717) is 16.8 Å². The normalized spacial score (nSPS) is 14.3. The molecule has 6 nitrogen and oxygen atoms in total. The number of aromatic nitrogens is 1. The first-order valence-corrected chi connectivity index (χ1v) is 8.82. The molecule has 0 fully saturated rings. The lowest BCUT2D eigenvalue weighted by Crippen LogP contribution is -2.33. The van der Waals surface area contributed by atoms with E-state index in [1.165, 1.54) is 17.2 Å². The molecule has 3 rings (SSSR count). The highest BCUT2D eigenvalue weighted by Gasteiger charge is 2.36. The predicted octanol–water partition coefficient (Wildman–Crippen LogP) is 3.50. The highest BCUT2D eigenvalue weighted by Crippen LogP contribution is 2.35. The second-order valence-corrected chi connectivity index (χ2v) is 6.52. The fourth-order valence-corrected chi connectivity index (χ4v) is 3.03. The standard InChI is InChI=1S/C20H18F3N3O3/c21-20(22,23)16-2-1-9-24-18(16)26-10-7-14(8-11-26)19(29)25-15-5-3-13(4-6-15)12-17(27)28/h1-7,9H,8,10-12H2,(H,25,29)(H,27,28). The minimum Gasteiger partial charge on any atom is -0.481 e. The van der Waals surface area contributed by atoms with Crippen molar-refractivity contribution in [1.29, 1.82) is 0 Å². The van der Waals surface area contributed by atoms with E-state index in [4.69, 9.17) is 5.11 Å². The molecule has 1 amide bonds. The molecule has 1 aromatic carbocycles. The van der Waals surface area contributed by atoms with Gasteiger partial charge in [0.05, 0.1) is 12.0 Å². The van der Waals surface area contributed by atoms with E-state index in [9.17, 15) is 22.8 Å². The van der Waals surface area contributed by atoms with E-state index in [1.54, 1.807) is 30.3 Å². The Balaban J connectivity index is 1.65. The summed E-state index contributed by atoms with van der Waals surface area (Å²) in [6.07, 6.45) is -1.44. The molecule has 1 aliphatic rings. The van der Waals surface area contributed by atoms with Crippen LogP contribution < -0.4 is 10.2 Å². The van der Waals surface area contributed by atoms with Crippen molar-refractivity contribution in [1.82, 2.24) is 4.98 Å². The number of hydrogen-bond acceptors (Lipinski definition) is 4. The number of hydrogen-bond donors (Lipinski definition) is 2. The number of pyridine rings is 1. The van der Waals surface area contributed by atoms with Gasteiger partial charge in [0.1, 0.15) is 5.82 Å². The lowest BCUT2D eigenvalue weighted by atomic mass is 10.1. The smallest absolute Gasteiger partial charge is 0.419 e. The number of amides is 1. The van der Waals surface area contributed by atoms with Crippen molar-refractivity contribution in [3.63, 3.8) is 0 Å². The van der Waals surface area contributed by atoms with Crippen LogP contribution in [0.3, 0.4) is 0 Å². The Kier molecular flexibility index (Phi) is 5.86. The molecule has 0 bridgehead atoms. The maximum atomic E-state index is 13.2. The summed E-state index contributed by atoms with van der Waals surface area (Å²) in [4.78, 5) is 28.5. The summed E-state index contributed by atoms with van der Waals surface area (Å²) in [5, 5.41) is 11.5. The molecule has 29 heavy (non-hydrogen) atoms. The van der Waals surface area contributed by atoms with Gasteiger partial charge >= 0.3 is 12.1 Å². The van der Waals surface area contributed by atoms with Crippen molar-refractivity contribution in [3.8, 4) is 0 Å². The molecule has 0 unspecified atom stereocenters. The number of nitrogens with one attached hydrogen (secondary N) is 1. The van der Waals surface area contributed by atoms with Crippen LogP contribution in [0.1, 0.15) is 17.5 Å². The highest BCUT2D eigenvalue weighted by atomic mass is 19.4. The molecule has 1 aromatic heterocycles. The molecule has 0 saturated heterocycles. The van der Waals surface area contributed by atoms with Gasteiger partial charge in [-0.1, -0.05) is 18.2 Å². The minimum absolute atomic E-state index is 0.108. The fourth-order valence-electron chi connectivity index (χ4n) is 3.03. The molecule has 0 aliphatic carbocycles. The lowest BCUT2D eigenvalue weighted by molar-refractivity contribution is -0.137. The van der Waals surface area contributed by atoms with Crippen molar-refractivity contribution >= 4 is 23.4 Å². The second-order valence-electron chi connectivity index (χ2n) is 6.52. The van der Waals surface area contributed by atoms with Gasteiger partial charge < -0.3 is 15.3 Å². The molecule has 0 atom stereocenters. The first-order valence-electron chi connectivity index (χ1n) is 8.82. The Morgan fingerprint density at radius 2 is 1.90 bits per heavy atom. The van der Waals surface area contributed by atoms with Crippen LogP contribution in [0.25, 0.3) is 0 Å². The highest BCUT2D eigenvalue weighted by molar-refractivity contribution is 6.04. The van der Waals surface area contributed by atoms with Gasteiger partial charge in [0.15, 0.2) is 0 Å². The van der Waals surface area contributed by atoms with Crippen LogP contribution in [0.5, 0.6) is 0 Å². The summed E-state index contributed by atoms with van der Waals surface area (Å²) in [5.74, 6) is -1.43. The van der Waals surface area contributed by atoms with Crippen molar-refractivity contribution in [3.05, 3.63) is 65.4 Å². The van der Waals surface area contributed by atoms with Crippen LogP contribution in [0.2, 0.25) is 0 Å². The zero-order valence-corrected chi connectivity index (χ0v) is 15.2. The first-order chi connectivity index (χ1) is 13.7. The summed E-state index contributed by atoms with van der Waals surface area (Å²) in [6.45, 7) is 0.372. The number of carbonyl (C=O) groups excluding carboxylic acids is 1. The minimum atomic E-state index is -4.50. The third-order valence-corrected chi connectivity index (χ3v) is 4.46. The van der Waals surface area contributed by atoms with E-state index in [0.717, 1.165) is 6.07 Å². The topological polar surface area (TPSA) is 82.5 Å². The SMILES string of the molecule is O=C(O)Cc1ccc(NC(=O)C2=CCN(c3ncccc3C(F)(F)F)CC2)cc1. The van der Waals surface area contributed by atoms with Crippen molar-refractivity contribution in [2.24, 2.45) is 0 Å². The Bertz CT molecular complexity index is 940. The maximum absolute atomic E-state index is 13.2. The number of anilines is 2. The average molecular weight is 405 g/mol. The number of rotatable bonds is 5. The van der Waals surface area contributed by atoms with Crippen LogP contribution in [0.15, 0.2) is 54.2 Å². The number of aliphatic carboxylic acids is 1. The Morgan fingerprint density at radius 3 is 2.48 bits per heavy atom. The summed E-state index contributed by atoms with van der Waals surface area (Å²) < 4.78 is 39.5. The van der Waals surface area contributed by atoms with E-state index in [-0.39, 0.29) is 37.7 Å². The van der Waals surface area contributed by atoms with Gasteiger partial charge in [-0.2, -0.15) is 13.2 Å². The average Bonchev–Trinajstić information content (AvgIpc) is 2.68. The predicted molar refractivity (Wildman–Crippen MR) is 101 cm³/mol. The summed E-state index contributed by atoms with van der Waals surface area (Å²) in [5.41, 5.74) is 0.790. The Hall–Kier alpha value is -3.36. The van der Waals surface area contributed by atoms with E-state index in [2.05, 4.69) is 10.3 Å². The molecule has 9 heteroatoms. The summed E-state index contributed by atoms with van der Waals surface area (Å²) in [7, 11) is 0. The molecule has 152 valence electrons. The van der Waals surface area contributed by atoms with E-state index < -0.39 is 17.7 Å². The van der Waals surface area contributed by atoms with Gasteiger partial charge in [0, 0.05) is 30.5 Å². The fraction of sp³-hybridized carbons (Fsp3) is 0.250. The second kappa shape index (κ2) is 8.34. The zero-order chi connectivity index (χ0) is 21.0. The first kappa shape index (κ1) is 20.4. The third-order valence-electron chi connectivity index (χ3n) is 4.46. The van der Waals surface area contributed by atoms with Crippen LogP contribution in [-0.4, -0.2) is 35.1 Å². The number of nitrogens with zero attached hydrogens (tertiary/aromatic N) is 2. The van der Waals surface area contributed by atoms with Crippen molar-refractivity contribution in [2.45, 2.75) is 19.0 Å². The molecule has 2 N–H and O–H groups in total. The Labute approximate surface area is 164 Å². The molecular weight excluding hydrogens is 387 g/mol. The molecule has 0 saturated carbocycles. The van der Waals surface area contributed by atoms with Gasteiger partial charge in [-0.05, 0) is 36.2 Å². The molecule has 2 heterocycles. The molecule has 2 aromatic rings. The van der Waals surface area contributed by atoms with Gasteiger partial charge in [-0.25, -0.2) is 4.98 Å². The number of benzene rings is 1. The maximum Gasteiger partial charge on any atom is 0.419 e. The molecule has 0 spiro atoms. The number of carboxylic acids is 1. The van der Waals surface area contributed by atoms with Crippen molar-refractivity contribution < 1.29 is 27.9 Å². The van der Waals surface area contributed by atoms with Crippen LogP contribution >= 0.6 is 0 Å². The van der Waals surface area contributed by atoms with Crippen LogP contribution in [0, 0.1) is 0 Å². The third kappa shape index (κ3) is 5.13. The lowest BCUT2D eigenvalue weighted by Gasteiger charge is -2.29. The molecule has 0 radical (unpaired) electrons. The monoisotopic (exact) mass is 405 g/mol. The largest absolute Gasteiger partial charge is 0.481 e. The quantitative estimate of drug-likeness (QED) is 0.796. The summed E-state index contributed by atoms with van der Waals surface area (Å²) in [6, 6.07) is 8.67. The van der Waals surface area contributed by atoms with Crippen LogP contribution in [-0.2, 0) is 22.2 Å². The van der Waals surface area contributed by atoms with Crippen molar-refractivity contribution in [2.75, 3.05) is 23.3 Å². The van der Waals surface area contributed by atoms with E-state index in [1.807, 2.05) is 0 Å². The number of halogens is 3. The van der Waals surface area contributed by atoms with Gasteiger partial charge in [-0.3, -0.25) is 9.59 Å². The van der Waals surface area contributed by atoms with Gasteiger partial charge in [-0.15, -0.1) is 0 Å². The molecule has 1 aliphatic heterocycles. The number of carbonyl (C=O) groups is 2. The summed E-state index contributed by atoms with van der Waals surface area (Å²) >= 11 is 0. The van der Waals surface area contributed by atoms with E-state index >= 15 is 0 Å².